The van der Waals surface area contributed by atoms with Gasteiger partial charge >= 0.3 is 53.7 Å². The first kappa shape index (κ1) is 20.6. The van der Waals surface area contributed by atoms with Gasteiger partial charge in [-0.05, 0) is 11.1 Å². The first-order valence-electron chi connectivity index (χ1n) is 5.10. The van der Waals surface area contributed by atoms with E-state index in [2.05, 4.69) is 13.6 Å². The van der Waals surface area contributed by atoms with Crippen molar-refractivity contribution < 1.29 is 64.6 Å². The quantitative estimate of drug-likeness (QED) is 0.210. The van der Waals surface area contributed by atoms with Crippen LogP contribution in [0.4, 0.5) is 48.3 Å². The fourth-order valence-corrected chi connectivity index (χ4v) is 1.84. The molecule has 0 nitrogen and oxygen atoms in total. The number of hydrogen-bond acceptors (Lipinski definition) is 0. The Kier molecular flexibility index (Phi) is 5.21. The molecule has 23 heavy (non-hydrogen) atoms. The minimum atomic E-state index is -6.78. The Morgan fingerprint density at radius 1 is 0.652 bits per heavy atom. The predicted octanol–water partition coefficient (Wildman–Crippen LogP) is 5.21. The van der Waals surface area contributed by atoms with Crippen LogP contribution in [0.1, 0.15) is 11.1 Å². The molecule has 0 amide bonds. The molecule has 0 aromatic heterocycles. The number of fused-ring (bicyclic) bond motifs is 1. The van der Waals surface area contributed by atoms with Gasteiger partial charge in [0, 0.05) is 11.6 Å². The maximum absolute atomic E-state index is 13.3. The molecule has 1 aliphatic rings. The van der Waals surface area contributed by atoms with E-state index in [0.29, 0.717) is 6.07 Å². The Morgan fingerprint density at radius 3 is 1.39 bits per heavy atom. The Morgan fingerprint density at radius 2 is 1.00 bits per heavy atom. The van der Waals surface area contributed by atoms with Crippen LogP contribution in [0.15, 0.2) is 0 Å². The van der Waals surface area contributed by atoms with E-state index in [0.717, 1.165) is 0 Å². The van der Waals surface area contributed by atoms with E-state index in [1.54, 1.807) is 0 Å². The Balaban J connectivity index is 0.00000127. The van der Waals surface area contributed by atoms with Gasteiger partial charge in [-0.15, -0.1) is 6.07 Å². The molecule has 0 unspecified atom stereocenters. The number of halogens is 12. The third kappa shape index (κ3) is 2.40. The van der Waals surface area contributed by atoms with Gasteiger partial charge in [0.15, 0.2) is 0 Å². The molecule has 0 saturated heterocycles. The summed E-state index contributed by atoms with van der Waals surface area (Å²) in [5, 5.41) is 0. The van der Waals surface area contributed by atoms with Crippen molar-refractivity contribution in [3.05, 3.63) is 34.6 Å². The number of hydrogen-bond donors (Lipinski definition) is 0. The van der Waals surface area contributed by atoms with E-state index in [-0.39, 0.29) is 0 Å². The summed E-state index contributed by atoms with van der Waals surface area (Å²) >= 11 is 4.25. The van der Waals surface area contributed by atoms with Gasteiger partial charge in [-0.25, -0.2) is 17.6 Å². The summed E-state index contributed by atoms with van der Waals surface area (Å²) < 4.78 is 144. The van der Waals surface area contributed by atoms with E-state index < -0.39 is 52.3 Å². The first-order chi connectivity index (χ1) is 10.2. The summed E-state index contributed by atoms with van der Waals surface area (Å²) in [4.78, 5) is 0. The first-order valence-corrected chi connectivity index (χ1v) is 12.0. The Hall–Kier alpha value is -0.447. The Labute approximate surface area is 137 Å². The van der Waals surface area contributed by atoms with Crippen molar-refractivity contribution in [3.63, 3.8) is 0 Å². The molecule has 13 heteroatoms. The zero-order valence-electron chi connectivity index (χ0n) is 10.2. The molecule has 126 valence electrons. The average molecular weight is 474 g/mol. The van der Waals surface area contributed by atoms with Crippen LogP contribution in [0.25, 0.3) is 0 Å². The second kappa shape index (κ2) is 5.82. The van der Waals surface area contributed by atoms with Crippen LogP contribution in [-0.4, -0.2) is 11.8 Å². The maximum atomic E-state index is 13.3. The molecule has 1 aromatic carbocycles. The summed E-state index contributed by atoms with van der Waals surface area (Å²) in [6.45, 7) is 0. The zero-order valence-corrected chi connectivity index (χ0v) is 14.8. The molecule has 2 rings (SSSR count). The van der Waals surface area contributed by atoms with Crippen molar-refractivity contribution in [2.45, 2.75) is 23.7 Å². The molecule has 0 N–H and O–H groups in total. The molecule has 0 heterocycles. The van der Waals surface area contributed by atoms with Crippen molar-refractivity contribution in [2.24, 2.45) is 0 Å². The van der Waals surface area contributed by atoms with Gasteiger partial charge in [-0.1, -0.05) is 0 Å². The van der Waals surface area contributed by atoms with Gasteiger partial charge in [0.25, 0.3) is 0 Å². The van der Waals surface area contributed by atoms with Crippen molar-refractivity contribution in [1.82, 2.24) is 0 Å². The fraction of sp³-hybridized carbons (Fsp3) is 0.400. The summed E-state index contributed by atoms with van der Waals surface area (Å²) in [6, 6.07) is 0.525. The van der Waals surface area contributed by atoms with Crippen LogP contribution >= 0.6 is 13.6 Å². The van der Waals surface area contributed by atoms with E-state index in [1.165, 1.54) is 16.3 Å². The van der Waals surface area contributed by atoms with E-state index in [4.69, 9.17) is 0 Å². The topological polar surface area (TPSA) is 0 Å². The summed E-state index contributed by atoms with van der Waals surface area (Å²) in [5.74, 6) is -34.4. The van der Waals surface area contributed by atoms with E-state index >= 15 is 0 Å². The van der Waals surface area contributed by atoms with Crippen LogP contribution in [0, 0.1) is 23.5 Å². The van der Waals surface area contributed by atoms with Crippen LogP contribution in [-0.2, 0) is 28.2 Å². The monoisotopic (exact) mass is 472 g/mol. The van der Waals surface area contributed by atoms with Crippen molar-refractivity contribution in [3.8, 4) is 0 Å². The van der Waals surface area contributed by atoms with Crippen LogP contribution in [0.2, 0.25) is 0 Å². The SMILES string of the molecule is Fc1[c-]c(F)c2c(c1F)C(F)(F)C(F)(F)C(F)(F)C2(F)F.[Zn+][Br]. The Bertz CT molecular complexity index is 628. The molecule has 0 bridgehead atoms. The van der Waals surface area contributed by atoms with Crippen LogP contribution in [0.3, 0.4) is 0 Å². The molecule has 1 aliphatic carbocycles. The number of rotatable bonds is 0. The van der Waals surface area contributed by atoms with Gasteiger partial charge in [-0.2, -0.15) is 26.3 Å². The second-order valence-electron chi connectivity index (χ2n) is 4.11. The summed E-state index contributed by atoms with van der Waals surface area (Å²) in [7, 11) is 0. The molecular weight excluding hydrogens is 474 g/mol. The van der Waals surface area contributed by atoms with Gasteiger partial charge in [0.2, 0.25) is 0 Å². The number of benzene rings is 1. The van der Waals surface area contributed by atoms with Gasteiger partial charge in [-0.3, -0.25) is 4.39 Å². The summed E-state index contributed by atoms with van der Waals surface area (Å²) in [6.07, 6.45) is 0. The average Bonchev–Trinajstić information content (AvgIpc) is 2.42. The third-order valence-corrected chi connectivity index (χ3v) is 2.91. The molecule has 0 saturated carbocycles. The van der Waals surface area contributed by atoms with Gasteiger partial charge in [0.05, 0.1) is 5.82 Å². The van der Waals surface area contributed by atoms with Gasteiger partial charge < -0.3 is 0 Å². The zero-order chi connectivity index (χ0) is 18.6. The third-order valence-electron chi connectivity index (χ3n) is 2.91. The van der Waals surface area contributed by atoms with Crippen molar-refractivity contribution in [2.75, 3.05) is 0 Å². The second-order valence-corrected chi connectivity index (χ2v) is 4.11. The summed E-state index contributed by atoms with van der Waals surface area (Å²) in [5.41, 5.74) is -6.21. The van der Waals surface area contributed by atoms with E-state index in [1.807, 2.05) is 0 Å². The van der Waals surface area contributed by atoms with E-state index in [9.17, 15) is 48.3 Å². The molecule has 0 fully saturated rings. The minimum absolute atomic E-state index is 0.525. The standard InChI is InChI=1S/C10F11.BrH.Zn/c11-2-1-3(12)6(13)5-4(2)7(14,15)9(18,19)10(20,21)8(5,16)17;;/h;1H;/q-1;;+2/p-1. The molecule has 0 radical (unpaired) electrons. The van der Waals surface area contributed by atoms with Crippen LogP contribution in [0.5, 0.6) is 0 Å². The van der Waals surface area contributed by atoms with Crippen LogP contribution < -0.4 is 0 Å². The van der Waals surface area contributed by atoms with Gasteiger partial charge in [0.1, 0.15) is 0 Å². The molecule has 1 aromatic rings. The fourth-order valence-electron chi connectivity index (χ4n) is 1.84. The molecule has 0 atom stereocenters. The molecule has 0 aliphatic heterocycles. The molecule has 0 spiro atoms. The predicted molar refractivity (Wildman–Crippen MR) is 51.8 cm³/mol. The molecular formula is C10BrF11Zn. The van der Waals surface area contributed by atoms with Crippen molar-refractivity contribution in [1.29, 1.82) is 0 Å². The normalized spacial score (nSPS) is 22.7. The number of alkyl halides is 8. The van der Waals surface area contributed by atoms with Crippen molar-refractivity contribution >= 4 is 13.6 Å².